The van der Waals surface area contributed by atoms with Crippen molar-refractivity contribution in [1.82, 2.24) is 5.32 Å². The SMILES string of the molecule is CC(CNC(=O)c1cc(F)ccc1F)CC(=O)O. The van der Waals surface area contributed by atoms with E-state index in [2.05, 4.69) is 5.32 Å². The Balaban J connectivity index is 2.60. The van der Waals surface area contributed by atoms with Crippen LogP contribution in [-0.2, 0) is 4.79 Å². The fourth-order valence-corrected chi connectivity index (χ4v) is 1.40. The Morgan fingerprint density at radius 1 is 1.39 bits per heavy atom. The lowest BCUT2D eigenvalue weighted by Crippen LogP contribution is -2.29. The predicted octanol–water partition coefficient (Wildman–Crippen LogP) is 1.81. The van der Waals surface area contributed by atoms with E-state index in [1.54, 1.807) is 6.92 Å². The highest BCUT2D eigenvalue weighted by Gasteiger charge is 2.14. The minimum absolute atomic E-state index is 0.0844. The van der Waals surface area contributed by atoms with Gasteiger partial charge in [-0.05, 0) is 24.1 Å². The van der Waals surface area contributed by atoms with Crippen LogP contribution in [0.1, 0.15) is 23.7 Å². The van der Waals surface area contributed by atoms with E-state index in [-0.39, 0.29) is 18.9 Å². The van der Waals surface area contributed by atoms with Gasteiger partial charge in [0.15, 0.2) is 0 Å². The van der Waals surface area contributed by atoms with Crippen LogP contribution in [0.25, 0.3) is 0 Å². The number of aliphatic carboxylic acids is 1. The Bertz CT molecular complexity index is 463. The van der Waals surface area contributed by atoms with Crippen LogP contribution in [0.5, 0.6) is 0 Å². The average Bonchev–Trinajstić information content (AvgIpc) is 2.28. The molecular formula is C12H13F2NO3. The van der Waals surface area contributed by atoms with Crippen LogP contribution < -0.4 is 5.32 Å². The van der Waals surface area contributed by atoms with Gasteiger partial charge in [0.05, 0.1) is 5.56 Å². The number of carboxylic acid groups (broad SMARTS) is 1. The van der Waals surface area contributed by atoms with Crippen molar-refractivity contribution in [2.75, 3.05) is 6.54 Å². The molecule has 1 atom stereocenters. The van der Waals surface area contributed by atoms with E-state index < -0.39 is 29.1 Å². The van der Waals surface area contributed by atoms with Crippen molar-refractivity contribution in [3.63, 3.8) is 0 Å². The van der Waals surface area contributed by atoms with E-state index >= 15 is 0 Å². The Hall–Kier alpha value is -1.98. The largest absolute Gasteiger partial charge is 0.481 e. The first kappa shape index (κ1) is 14.1. The molecule has 0 aliphatic carbocycles. The molecule has 0 saturated carbocycles. The predicted molar refractivity (Wildman–Crippen MR) is 60.1 cm³/mol. The maximum Gasteiger partial charge on any atom is 0.303 e. The molecular weight excluding hydrogens is 244 g/mol. The standard InChI is InChI=1S/C12H13F2NO3/c1-7(4-11(16)17)6-15-12(18)9-5-8(13)2-3-10(9)14/h2-3,5,7H,4,6H2,1H3,(H,15,18)(H,16,17). The quantitative estimate of drug-likeness (QED) is 0.845. The first-order valence-electron chi connectivity index (χ1n) is 5.35. The first-order chi connectivity index (χ1) is 8.40. The van der Waals surface area contributed by atoms with Crippen molar-refractivity contribution >= 4 is 11.9 Å². The summed E-state index contributed by atoms with van der Waals surface area (Å²) in [5.41, 5.74) is -0.391. The molecule has 18 heavy (non-hydrogen) atoms. The highest BCUT2D eigenvalue weighted by molar-refractivity contribution is 5.94. The average molecular weight is 257 g/mol. The molecule has 6 heteroatoms. The van der Waals surface area contributed by atoms with Crippen molar-refractivity contribution in [2.24, 2.45) is 5.92 Å². The number of hydrogen-bond donors (Lipinski definition) is 2. The Kier molecular flexibility index (Phi) is 4.76. The van der Waals surface area contributed by atoms with Gasteiger partial charge in [-0.1, -0.05) is 6.92 Å². The number of hydrogen-bond acceptors (Lipinski definition) is 2. The van der Waals surface area contributed by atoms with Crippen LogP contribution in [0.2, 0.25) is 0 Å². The van der Waals surface area contributed by atoms with Gasteiger partial charge in [-0.15, -0.1) is 0 Å². The minimum atomic E-state index is -0.978. The van der Waals surface area contributed by atoms with Gasteiger partial charge in [-0.25, -0.2) is 8.78 Å². The fraction of sp³-hybridized carbons (Fsp3) is 0.333. The Morgan fingerprint density at radius 3 is 2.67 bits per heavy atom. The molecule has 0 fully saturated rings. The highest BCUT2D eigenvalue weighted by Crippen LogP contribution is 2.09. The van der Waals surface area contributed by atoms with Crippen molar-refractivity contribution in [1.29, 1.82) is 0 Å². The van der Waals surface area contributed by atoms with Crippen LogP contribution in [0.4, 0.5) is 8.78 Å². The van der Waals surface area contributed by atoms with Gasteiger partial charge >= 0.3 is 5.97 Å². The second kappa shape index (κ2) is 6.09. The van der Waals surface area contributed by atoms with E-state index in [1.807, 2.05) is 0 Å². The molecule has 1 aromatic rings. The lowest BCUT2D eigenvalue weighted by molar-refractivity contribution is -0.137. The van der Waals surface area contributed by atoms with Crippen LogP contribution in [0, 0.1) is 17.6 Å². The van der Waals surface area contributed by atoms with E-state index in [9.17, 15) is 18.4 Å². The number of halogens is 2. The molecule has 0 aromatic heterocycles. The van der Waals surface area contributed by atoms with Gasteiger partial charge in [0.2, 0.25) is 0 Å². The molecule has 0 bridgehead atoms. The van der Waals surface area contributed by atoms with E-state index in [1.165, 1.54) is 0 Å². The number of carboxylic acids is 1. The highest BCUT2D eigenvalue weighted by atomic mass is 19.1. The Morgan fingerprint density at radius 2 is 2.06 bits per heavy atom. The summed E-state index contributed by atoms with van der Waals surface area (Å²) in [6, 6.07) is 2.58. The lowest BCUT2D eigenvalue weighted by atomic mass is 10.1. The van der Waals surface area contributed by atoms with Gasteiger partial charge < -0.3 is 10.4 Å². The van der Waals surface area contributed by atoms with Crippen LogP contribution >= 0.6 is 0 Å². The van der Waals surface area contributed by atoms with Crippen LogP contribution in [0.3, 0.4) is 0 Å². The molecule has 1 unspecified atom stereocenters. The van der Waals surface area contributed by atoms with Crippen LogP contribution in [0.15, 0.2) is 18.2 Å². The maximum atomic E-state index is 13.2. The monoisotopic (exact) mass is 257 g/mol. The third-order valence-electron chi connectivity index (χ3n) is 2.31. The zero-order chi connectivity index (χ0) is 13.7. The molecule has 0 radical (unpaired) electrons. The summed E-state index contributed by atoms with van der Waals surface area (Å²) >= 11 is 0. The summed E-state index contributed by atoms with van der Waals surface area (Å²) in [7, 11) is 0. The van der Waals surface area contributed by atoms with Crippen molar-refractivity contribution < 1.29 is 23.5 Å². The number of carbonyl (C=O) groups excluding carboxylic acids is 1. The number of amides is 1. The third kappa shape index (κ3) is 4.12. The molecule has 2 N–H and O–H groups in total. The number of nitrogens with one attached hydrogen (secondary N) is 1. The van der Waals surface area contributed by atoms with Gasteiger partial charge in [-0.3, -0.25) is 9.59 Å². The molecule has 1 amide bonds. The molecule has 0 heterocycles. The maximum absolute atomic E-state index is 13.2. The second-order valence-electron chi connectivity index (χ2n) is 4.04. The van der Waals surface area contributed by atoms with E-state index in [0.717, 1.165) is 18.2 Å². The molecule has 0 saturated heterocycles. The topological polar surface area (TPSA) is 66.4 Å². The second-order valence-corrected chi connectivity index (χ2v) is 4.04. The lowest BCUT2D eigenvalue weighted by Gasteiger charge is -2.10. The molecule has 1 aromatic carbocycles. The number of carbonyl (C=O) groups is 2. The third-order valence-corrected chi connectivity index (χ3v) is 2.31. The molecule has 1 rings (SSSR count). The smallest absolute Gasteiger partial charge is 0.303 e. The molecule has 0 aliphatic rings. The van der Waals surface area contributed by atoms with Gasteiger partial charge in [0, 0.05) is 13.0 Å². The number of benzene rings is 1. The van der Waals surface area contributed by atoms with Crippen molar-refractivity contribution in [3.05, 3.63) is 35.4 Å². The summed E-state index contributed by atoms with van der Waals surface area (Å²) in [5.74, 6) is -3.55. The molecule has 0 spiro atoms. The van der Waals surface area contributed by atoms with Crippen LogP contribution in [-0.4, -0.2) is 23.5 Å². The van der Waals surface area contributed by atoms with Gasteiger partial charge in [0.1, 0.15) is 11.6 Å². The normalized spacial score (nSPS) is 11.9. The summed E-state index contributed by atoms with van der Waals surface area (Å²) in [6.45, 7) is 1.72. The van der Waals surface area contributed by atoms with Gasteiger partial charge in [-0.2, -0.15) is 0 Å². The Labute approximate surface area is 103 Å². The summed E-state index contributed by atoms with van der Waals surface area (Å²) in [6.07, 6.45) is -0.105. The summed E-state index contributed by atoms with van der Waals surface area (Å²) in [4.78, 5) is 21.9. The first-order valence-corrected chi connectivity index (χ1v) is 5.35. The zero-order valence-electron chi connectivity index (χ0n) is 9.74. The van der Waals surface area contributed by atoms with Crippen molar-refractivity contribution in [2.45, 2.75) is 13.3 Å². The molecule has 0 aliphatic heterocycles. The number of rotatable bonds is 5. The molecule has 98 valence electrons. The summed E-state index contributed by atoms with van der Waals surface area (Å²) < 4.78 is 26.1. The van der Waals surface area contributed by atoms with E-state index in [4.69, 9.17) is 5.11 Å². The zero-order valence-corrected chi connectivity index (χ0v) is 9.74. The van der Waals surface area contributed by atoms with Gasteiger partial charge in [0.25, 0.3) is 5.91 Å². The van der Waals surface area contributed by atoms with Crippen molar-refractivity contribution in [3.8, 4) is 0 Å². The summed E-state index contributed by atoms with van der Waals surface area (Å²) in [5, 5.41) is 10.9. The fourth-order valence-electron chi connectivity index (χ4n) is 1.40. The molecule has 4 nitrogen and oxygen atoms in total. The van der Waals surface area contributed by atoms with E-state index in [0.29, 0.717) is 0 Å². The minimum Gasteiger partial charge on any atom is -0.481 e.